The number of carbonyl (C=O) groups excluding carboxylic acids is 3. The Morgan fingerprint density at radius 3 is 2.56 bits per heavy atom. The Hall–Kier alpha value is -2.56. The van der Waals surface area contributed by atoms with Gasteiger partial charge in [-0.1, -0.05) is 25.4 Å². The van der Waals surface area contributed by atoms with Crippen molar-refractivity contribution in [1.29, 1.82) is 0 Å². The average molecular weight is 495 g/mol. The topological polar surface area (TPSA) is 138 Å². The summed E-state index contributed by atoms with van der Waals surface area (Å²) in [6.45, 7) is 5.13. The van der Waals surface area contributed by atoms with Crippen molar-refractivity contribution in [3.8, 4) is 0 Å². The summed E-state index contributed by atoms with van der Waals surface area (Å²) in [5, 5.41) is 12.0. The molecule has 6 N–H and O–H groups in total. The van der Waals surface area contributed by atoms with Crippen molar-refractivity contribution in [2.45, 2.75) is 51.1 Å². The minimum Gasteiger partial charge on any atom is -0.368 e. The quantitative estimate of drug-likeness (QED) is 0.332. The van der Waals surface area contributed by atoms with Crippen molar-refractivity contribution in [3.63, 3.8) is 0 Å². The number of nitrogens with one attached hydrogen (secondary N) is 4. The van der Waals surface area contributed by atoms with Gasteiger partial charge in [-0.15, -0.1) is 0 Å². The Balaban J connectivity index is 1.63. The first-order valence-electron chi connectivity index (χ1n) is 11.5. The summed E-state index contributed by atoms with van der Waals surface area (Å²) in [4.78, 5) is 42.5. The zero-order valence-electron chi connectivity index (χ0n) is 19.4. The molecule has 1 heterocycles. The molecule has 3 amide bonds. The van der Waals surface area contributed by atoms with Crippen LogP contribution in [0.5, 0.6) is 0 Å². The Kier molecular flexibility index (Phi) is 8.62. The lowest BCUT2D eigenvalue weighted by molar-refractivity contribution is -0.126. The molecule has 0 radical (unpaired) electrons. The van der Waals surface area contributed by atoms with Crippen molar-refractivity contribution in [2.24, 2.45) is 22.6 Å². The number of aliphatic imine (C=N–C) groups is 1. The van der Waals surface area contributed by atoms with Gasteiger partial charge in [0.2, 0.25) is 11.8 Å². The monoisotopic (exact) mass is 494 g/mol. The highest BCUT2D eigenvalue weighted by Gasteiger charge is 2.54. The number of carbonyl (C=O) groups is 3. The second kappa shape index (κ2) is 11.2. The van der Waals surface area contributed by atoms with Crippen molar-refractivity contribution in [1.82, 2.24) is 16.0 Å². The summed E-state index contributed by atoms with van der Waals surface area (Å²) in [7, 11) is 0. The summed E-state index contributed by atoms with van der Waals surface area (Å²) in [5.41, 5.74) is 4.90. The van der Waals surface area contributed by atoms with Crippen molar-refractivity contribution >= 4 is 40.7 Å². The van der Waals surface area contributed by atoms with Gasteiger partial charge in [-0.3, -0.25) is 24.7 Å². The number of primary amides is 1. The van der Waals surface area contributed by atoms with Crippen LogP contribution in [0.4, 0.5) is 10.1 Å². The van der Waals surface area contributed by atoms with Gasteiger partial charge >= 0.3 is 0 Å². The normalized spacial score (nSPS) is 24.6. The van der Waals surface area contributed by atoms with E-state index in [1.54, 1.807) is 0 Å². The van der Waals surface area contributed by atoms with Gasteiger partial charge in [-0.05, 0) is 49.8 Å². The molecular weight excluding hydrogens is 463 g/mol. The highest BCUT2D eigenvalue weighted by molar-refractivity contribution is 6.47. The second-order valence-corrected chi connectivity index (χ2v) is 9.45. The zero-order chi connectivity index (χ0) is 24.9. The Labute approximate surface area is 203 Å². The van der Waals surface area contributed by atoms with Gasteiger partial charge in [0, 0.05) is 25.0 Å². The van der Waals surface area contributed by atoms with E-state index < -0.39 is 23.2 Å². The van der Waals surface area contributed by atoms with Crippen LogP contribution in [-0.2, 0) is 14.4 Å². The SMILES string of the molecule is CC(C)NCCNC(=O)C1=NCNC1(C(N)=O)C1CCC(C(=O)Nc2ccc(F)cc2Cl)CC1. The van der Waals surface area contributed by atoms with Crippen LogP contribution in [0.1, 0.15) is 39.5 Å². The summed E-state index contributed by atoms with van der Waals surface area (Å²) < 4.78 is 13.3. The number of amides is 3. The van der Waals surface area contributed by atoms with Crippen LogP contribution in [0.3, 0.4) is 0 Å². The van der Waals surface area contributed by atoms with E-state index >= 15 is 0 Å². The lowest BCUT2D eigenvalue weighted by Crippen LogP contribution is -2.66. The smallest absolute Gasteiger partial charge is 0.267 e. The molecule has 9 nitrogen and oxygen atoms in total. The summed E-state index contributed by atoms with van der Waals surface area (Å²) in [6, 6.07) is 4.08. The fourth-order valence-corrected chi connectivity index (χ4v) is 4.89. The number of benzene rings is 1. The summed E-state index contributed by atoms with van der Waals surface area (Å²) >= 11 is 6.01. The molecule has 1 unspecified atom stereocenters. The van der Waals surface area contributed by atoms with E-state index in [0.29, 0.717) is 50.5 Å². The molecule has 34 heavy (non-hydrogen) atoms. The van der Waals surface area contributed by atoms with Crippen LogP contribution in [-0.4, -0.2) is 54.8 Å². The number of hydrogen-bond donors (Lipinski definition) is 5. The minimum atomic E-state index is -1.36. The van der Waals surface area contributed by atoms with Crippen LogP contribution < -0.4 is 27.0 Å². The van der Waals surface area contributed by atoms with Gasteiger partial charge in [0.15, 0.2) is 0 Å². The second-order valence-electron chi connectivity index (χ2n) is 9.04. The third-order valence-electron chi connectivity index (χ3n) is 6.43. The number of anilines is 1. The fourth-order valence-electron chi connectivity index (χ4n) is 4.68. The van der Waals surface area contributed by atoms with Gasteiger partial charge in [-0.2, -0.15) is 0 Å². The predicted octanol–water partition coefficient (Wildman–Crippen LogP) is 1.56. The minimum absolute atomic E-state index is 0.107. The van der Waals surface area contributed by atoms with E-state index in [4.69, 9.17) is 17.3 Å². The first-order chi connectivity index (χ1) is 16.1. The maximum atomic E-state index is 13.3. The average Bonchev–Trinajstić information content (AvgIpc) is 3.25. The maximum absolute atomic E-state index is 13.3. The van der Waals surface area contributed by atoms with Gasteiger partial charge in [0.25, 0.3) is 5.91 Å². The van der Waals surface area contributed by atoms with Crippen LogP contribution >= 0.6 is 11.6 Å². The highest BCUT2D eigenvalue weighted by atomic mass is 35.5. The molecule has 0 saturated heterocycles. The molecule has 1 aliphatic carbocycles. The Bertz CT molecular complexity index is 964. The van der Waals surface area contributed by atoms with Crippen molar-refractivity contribution in [2.75, 3.05) is 25.1 Å². The molecule has 1 fully saturated rings. The van der Waals surface area contributed by atoms with Crippen molar-refractivity contribution < 1.29 is 18.8 Å². The van der Waals surface area contributed by atoms with Crippen LogP contribution in [0.25, 0.3) is 0 Å². The van der Waals surface area contributed by atoms with Gasteiger partial charge < -0.3 is 21.7 Å². The molecule has 2 aliphatic rings. The lowest BCUT2D eigenvalue weighted by Gasteiger charge is -2.39. The van der Waals surface area contributed by atoms with E-state index in [1.165, 1.54) is 12.1 Å². The molecule has 1 aromatic carbocycles. The number of hydrogen-bond acceptors (Lipinski definition) is 6. The van der Waals surface area contributed by atoms with Crippen LogP contribution in [0.2, 0.25) is 5.02 Å². The lowest BCUT2D eigenvalue weighted by atomic mass is 9.69. The number of nitrogens with two attached hydrogens (primary N) is 1. The molecule has 1 aromatic rings. The third kappa shape index (κ3) is 5.73. The molecule has 0 bridgehead atoms. The Morgan fingerprint density at radius 1 is 1.24 bits per heavy atom. The van der Waals surface area contributed by atoms with Crippen LogP contribution in [0, 0.1) is 17.7 Å². The molecule has 1 atom stereocenters. The number of nitrogens with zero attached hydrogens (tertiary/aromatic N) is 1. The van der Waals surface area contributed by atoms with E-state index in [9.17, 15) is 18.8 Å². The molecule has 1 saturated carbocycles. The highest BCUT2D eigenvalue weighted by Crippen LogP contribution is 2.38. The van der Waals surface area contributed by atoms with Gasteiger partial charge in [0.05, 0.1) is 17.4 Å². The van der Waals surface area contributed by atoms with Crippen molar-refractivity contribution in [3.05, 3.63) is 29.0 Å². The molecule has 3 rings (SSSR count). The first-order valence-corrected chi connectivity index (χ1v) is 11.9. The largest absolute Gasteiger partial charge is 0.368 e. The predicted molar refractivity (Wildman–Crippen MR) is 129 cm³/mol. The number of halogens is 2. The van der Waals surface area contributed by atoms with E-state index in [-0.39, 0.29) is 35.1 Å². The van der Waals surface area contributed by atoms with E-state index in [0.717, 1.165) is 6.07 Å². The third-order valence-corrected chi connectivity index (χ3v) is 6.75. The van der Waals surface area contributed by atoms with Gasteiger partial charge in [-0.25, -0.2) is 4.39 Å². The first kappa shape index (κ1) is 26.1. The Morgan fingerprint density at radius 2 is 1.94 bits per heavy atom. The van der Waals surface area contributed by atoms with E-state index in [1.807, 2.05) is 13.8 Å². The fraction of sp³-hybridized carbons (Fsp3) is 0.565. The number of rotatable bonds is 9. The maximum Gasteiger partial charge on any atom is 0.267 e. The molecule has 1 aliphatic heterocycles. The van der Waals surface area contributed by atoms with E-state index in [2.05, 4.69) is 26.3 Å². The summed E-state index contributed by atoms with van der Waals surface area (Å²) in [5.74, 6) is -2.35. The van der Waals surface area contributed by atoms with Crippen LogP contribution in [0.15, 0.2) is 23.2 Å². The van der Waals surface area contributed by atoms with Gasteiger partial charge in [0.1, 0.15) is 17.1 Å². The molecule has 0 aromatic heterocycles. The summed E-state index contributed by atoms with van der Waals surface area (Å²) in [6.07, 6.45) is 2.01. The zero-order valence-corrected chi connectivity index (χ0v) is 20.2. The molecule has 11 heteroatoms. The molecule has 0 spiro atoms. The molecular formula is C23H32ClFN6O3. The standard InChI is InChI=1S/C23H32ClFN6O3/c1-13(2)27-9-10-28-21(33)19-23(22(26)34,30-12-29-19)15-5-3-14(4-6-15)20(32)31-18-8-7-16(25)11-17(18)24/h7-8,11,13-15,27,30H,3-6,9-10,12H2,1-2H3,(H2,26,34)(H,28,33)(H,31,32). The molecule has 186 valence electrons.